The molecule has 0 unspecified atom stereocenters. The minimum Gasteiger partial charge on any atom is -0.506 e. The molecular weight excluding hydrogens is 317 g/mol. The lowest BCUT2D eigenvalue weighted by molar-refractivity contribution is -0.139. The number of benzene rings is 1. The van der Waals surface area contributed by atoms with Gasteiger partial charge in [0, 0.05) is 18.7 Å². The minimum atomic E-state index is -0.917. The molecule has 1 aliphatic heterocycles. The molecule has 0 spiro atoms. The molecular formula is C17H12FNO5. The number of hydrogen-bond donors (Lipinski definition) is 1. The van der Waals surface area contributed by atoms with Gasteiger partial charge in [0.1, 0.15) is 22.7 Å². The Morgan fingerprint density at radius 3 is 2.88 bits per heavy atom. The van der Waals surface area contributed by atoms with E-state index in [2.05, 4.69) is 0 Å². The van der Waals surface area contributed by atoms with Crippen LogP contribution in [0.1, 0.15) is 12.0 Å². The van der Waals surface area contributed by atoms with E-state index in [0.717, 1.165) is 29.2 Å². The lowest BCUT2D eigenvalue weighted by Crippen LogP contribution is -2.37. The van der Waals surface area contributed by atoms with Crippen molar-refractivity contribution < 1.29 is 23.5 Å². The van der Waals surface area contributed by atoms with Crippen molar-refractivity contribution >= 4 is 28.9 Å². The second kappa shape index (κ2) is 6.11. The van der Waals surface area contributed by atoms with Gasteiger partial charge in [0.15, 0.2) is 0 Å². The normalized spacial score (nSPS) is 14.7. The third-order valence-corrected chi connectivity index (χ3v) is 3.58. The van der Waals surface area contributed by atoms with E-state index in [0.29, 0.717) is 6.42 Å². The second-order valence-electron chi connectivity index (χ2n) is 5.14. The number of carbonyl (C=O) groups is 2. The first-order chi connectivity index (χ1) is 11.5. The van der Waals surface area contributed by atoms with Crippen molar-refractivity contribution in [2.24, 2.45) is 0 Å². The van der Waals surface area contributed by atoms with Gasteiger partial charge in [0.25, 0.3) is 11.8 Å². The number of imide groups is 1. The quantitative estimate of drug-likeness (QED) is 0.672. The maximum atomic E-state index is 13.2. The number of fused-ring (bicyclic) bond motifs is 1. The molecule has 1 aromatic heterocycles. The van der Waals surface area contributed by atoms with E-state index in [1.165, 1.54) is 12.1 Å². The van der Waals surface area contributed by atoms with Gasteiger partial charge in [0.2, 0.25) is 0 Å². The first-order valence-corrected chi connectivity index (χ1v) is 7.13. The van der Waals surface area contributed by atoms with Gasteiger partial charge in [-0.1, -0.05) is 6.08 Å². The summed E-state index contributed by atoms with van der Waals surface area (Å²) in [4.78, 5) is 36.6. The standard InChI is InChI=1S/C17H12FNO5/c18-10-4-5-11-13(9-10)24-17(23)12(16(11)22)6-7-15(21)19-8-2-1-3-14(19)20/h1,3-7,9,22H,2,8H2/b7-6+. The number of amides is 2. The molecule has 1 N–H and O–H groups in total. The zero-order valence-electron chi connectivity index (χ0n) is 12.4. The maximum absolute atomic E-state index is 13.2. The van der Waals surface area contributed by atoms with E-state index in [1.807, 2.05) is 0 Å². The van der Waals surface area contributed by atoms with Crippen LogP contribution in [0.2, 0.25) is 0 Å². The molecule has 0 saturated heterocycles. The first kappa shape index (κ1) is 15.7. The molecule has 0 atom stereocenters. The minimum absolute atomic E-state index is 0.0997. The van der Waals surface area contributed by atoms with E-state index in [9.17, 15) is 23.9 Å². The number of nitrogens with zero attached hydrogens (tertiary/aromatic N) is 1. The van der Waals surface area contributed by atoms with Gasteiger partial charge in [-0.3, -0.25) is 14.5 Å². The Hall–Kier alpha value is -3.22. The summed E-state index contributed by atoms with van der Waals surface area (Å²) in [5.41, 5.74) is -1.26. The van der Waals surface area contributed by atoms with Gasteiger partial charge in [-0.15, -0.1) is 0 Å². The van der Waals surface area contributed by atoms with Crippen LogP contribution in [-0.2, 0) is 9.59 Å². The molecule has 2 aromatic rings. The number of aromatic hydroxyl groups is 1. The van der Waals surface area contributed by atoms with Crippen LogP contribution in [0.5, 0.6) is 5.75 Å². The molecule has 6 nitrogen and oxygen atoms in total. The SMILES string of the molecule is O=C1C=CCCN1C(=O)/C=C/c1c(O)c2ccc(F)cc2oc1=O. The first-order valence-electron chi connectivity index (χ1n) is 7.13. The fourth-order valence-electron chi connectivity index (χ4n) is 2.37. The molecule has 122 valence electrons. The van der Waals surface area contributed by atoms with Crippen LogP contribution in [0.3, 0.4) is 0 Å². The highest BCUT2D eigenvalue weighted by atomic mass is 19.1. The summed E-state index contributed by atoms with van der Waals surface area (Å²) in [7, 11) is 0. The van der Waals surface area contributed by atoms with Gasteiger partial charge >= 0.3 is 5.63 Å². The summed E-state index contributed by atoms with van der Waals surface area (Å²) in [6.07, 6.45) is 5.61. The largest absolute Gasteiger partial charge is 0.506 e. The third-order valence-electron chi connectivity index (χ3n) is 3.58. The van der Waals surface area contributed by atoms with Crippen LogP contribution in [0, 0.1) is 5.82 Å². The predicted octanol–water partition coefficient (Wildman–Crippen LogP) is 1.97. The summed E-state index contributed by atoms with van der Waals surface area (Å²) in [6, 6.07) is 3.36. The molecule has 0 bridgehead atoms. The highest BCUT2D eigenvalue weighted by Gasteiger charge is 2.19. The number of carbonyl (C=O) groups excluding carboxylic acids is 2. The van der Waals surface area contributed by atoms with Crippen molar-refractivity contribution in [3.8, 4) is 5.75 Å². The molecule has 1 aliphatic rings. The molecule has 2 heterocycles. The van der Waals surface area contributed by atoms with E-state index < -0.39 is 29.0 Å². The average molecular weight is 329 g/mol. The summed E-state index contributed by atoms with van der Waals surface area (Å²) in [5.74, 6) is -2.08. The fourth-order valence-corrected chi connectivity index (χ4v) is 2.37. The number of hydrogen-bond acceptors (Lipinski definition) is 5. The lowest BCUT2D eigenvalue weighted by atomic mass is 10.1. The Bertz CT molecular complexity index is 957. The molecule has 1 aromatic carbocycles. The predicted molar refractivity (Wildman–Crippen MR) is 83.6 cm³/mol. The Labute approximate surface area is 135 Å². The van der Waals surface area contributed by atoms with Crippen LogP contribution < -0.4 is 5.63 Å². The average Bonchev–Trinajstić information content (AvgIpc) is 2.54. The molecule has 24 heavy (non-hydrogen) atoms. The Morgan fingerprint density at radius 1 is 1.33 bits per heavy atom. The summed E-state index contributed by atoms with van der Waals surface area (Å²) in [5, 5.41) is 10.3. The van der Waals surface area contributed by atoms with E-state index in [-0.39, 0.29) is 23.1 Å². The van der Waals surface area contributed by atoms with Crippen molar-refractivity contribution in [3.63, 3.8) is 0 Å². The molecule has 0 saturated carbocycles. The smallest absolute Gasteiger partial charge is 0.347 e. The molecule has 2 amide bonds. The van der Waals surface area contributed by atoms with Gasteiger partial charge in [-0.05, 0) is 30.7 Å². The van der Waals surface area contributed by atoms with E-state index >= 15 is 0 Å². The monoisotopic (exact) mass is 329 g/mol. The fraction of sp³-hybridized carbons (Fsp3) is 0.118. The van der Waals surface area contributed by atoms with Crippen molar-refractivity contribution in [2.75, 3.05) is 6.54 Å². The van der Waals surface area contributed by atoms with Crippen molar-refractivity contribution in [1.29, 1.82) is 0 Å². The topological polar surface area (TPSA) is 87.8 Å². The van der Waals surface area contributed by atoms with Gasteiger partial charge in [0.05, 0.1) is 5.39 Å². The van der Waals surface area contributed by atoms with Crippen LogP contribution in [0.4, 0.5) is 4.39 Å². The Balaban J connectivity index is 1.96. The highest BCUT2D eigenvalue weighted by Crippen LogP contribution is 2.27. The molecule has 0 fully saturated rings. The molecule has 0 radical (unpaired) electrons. The molecule has 7 heteroatoms. The highest BCUT2D eigenvalue weighted by molar-refractivity contribution is 6.07. The Kier molecular flexibility index (Phi) is 3.99. The zero-order valence-corrected chi connectivity index (χ0v) is 12.4. The number of rotatable bonds is 2. The van der Waals surface area contributed by atoms with Gasteiger partial charge in [-0.2, -0.15) is 0 Å². The van der Waals surface area contributed by atoms with Gasteiger partial charge in [-0.25, -0.2) is 9.18 Å². The maximum Gasteiger partial charge on any atom is 0.347 e. The third kappa shape index (κ3) is 2.83. The second-order valence-corrected chi connectivity index (χ2v) is 5.14. The number of halogens is 1. The van der Waals surface area contributed by atoms with Crippen molar-refractivity contribution in [1.82, 2.24) is 4.90 Å². The van der Waals surface area contributed by atoms with Gasteiger partial charge < -0.3 is 9.52 Å². The lowest BCUT2D eigenvalue weighted by Gasteiger charge is -2.19. The van der Waals surface area contributed by atoms with E-state index in [1.54, 1.807) is 6.08 Å². The van der Waals surface area contributed by atoms with Crippen molar-refractivity contribution in [3.05, 3.63) is 58.2 Å². The summed E-state index contributed by atoms with van der Waals surface area (Å²) in [6.45, 7) is 0.246. The van der Waals surface area contributed by atoms with E-state index in [4.69, 9.17) is 4.42 Å². The van der Waals surface area contributed by atoms with Crippen LogP contribution in [-0.4, -0.2) is 28.4 Å². The Morgan fingerprint density at radius 2 is 2.12 bits per heavy atom. The van der Waals surface area contributed by atoms with Crippen LogP contribution >= 0.6 is 0 Å². The summed E-state index contributed by atoms with van der Waals surface area (Å²) >= 11 is 0. The summed E-state index contributed by atoms with van der Waals surface area (Å²) < 4.78 is 18.1. The zero-order chi connectivity index (χ0) is 17.3. The molecule has 0 aliphatic carbocycles. The van der Waals surface area contributed by atoms with Crippen LogP contribution in [0.15, 0.2) is 45.6 Å². The van der Waals surface area contributed by atoms with Crippen LogP contribution in [0.25, 0.3) is 17.0 Å². The molecule has 3 rings (SSSR count). The van der Waals surface area contributed by atoms with Crippen molar-refractivity contribution in [2.45, 2.75) is 6.42 Å².